The molecule has 3 heterocycles. The van der Waals surface area contributed by atoms with Crippen LogP contribution in [-0.2, 0) is 17.4 Å². The first-order chi connectivity index (χ1) is 17.6. The molecule has 0 aliphatic carbocycles. The minimum Gasteiger partial charge on any atom is -0.423 e. The molecule has 1 saturated heterocycles. The van der Waals surface area contributed by atoms with Gasteiger partial charge in [0.05, 0.1) is 5.69 Å². The molecule has 11 heteroatoms. The Bertz CT molecular complexity index is 1190. The number of amides is 1. The van der Waals surface area contributed by atoms with Crippen molar-refractivity contribution >= 4 is 17.2 Å². The molecule has 0 saturated carbocycles. The SMILES string of the molecule is C=C/C(=C\N(N)C1CCNCC1)c1ccc2c(c1Oc1nccc(C(F)(F)F)n1)CC[C@H](C)N2C(C)=O. The molecule has 2 aromatic rings. The fourth-order valence-electron chi connectivity index (χ4n) is 4.87. The van der Waals surface area contributed by atoms with Crippen LogP contribution in [-0.4, -0.2) is 46.1 Å². The van der Waals surface area contributed by atoms with Crippen LogP contribution >= 0.6 is 0 Å². The zero-order valence-corrected chi connectivity index (χ0v) is 20.9. The molecule has 1 amide bonds. The van der Waals surface area contributed by atoms with Crippen LogP contribution in [0.2, 0.25) is 0 Å². The molecule has 1 atom stereocenters. The van der Waals surface area contributed by atoms with Gasteiger partial charge in [0.15, 0.2) is 5.69 Å². The predicted octanol–water partition coefficient (Wildman–Crippen LogP) is 4.43. The topological polar surface area (TPSA) is 96.6 Å². The Labute approximate surface area is 214 Å². The Balaban J connectivity index is 1.83. The summed E-state index contributed by atoms with van der Waals surface area (Å²) < 4.78 is 45.9. The minimum atomic E-state index is -4.65. The van der Waals surface area contributed by atoms with Gasteiger partial charge in [0.25, 0.3) is 0 Å². The highest BCUT2D eigenvalue weighted by Gasteiger charge is 2.34. The molecule has 8 nitrogen and oxygen atoms in total. The molecular formula is C26H31F3N6O2. The Morgan fingerprint density at radius 2 is 2.00 bits per heavy atom. The first-order valence-corrected chi connectivity index (χ1v) is 12.2. The predicted molar refractivity (Wildman–Crippen MR) is 135 cm³/mol. The molecule has 0 radical (unpaired) electrons. The molecule has 2 aliphatic rings. The quantitative estimate of drug-likeness (QED) is 0.333. The van der Waals surface area contributed by atoms with E-state index in [0.29, 0.717) is 35.2 Å². The number of rotatable bonds is 6. The number of hydrogen-bond acceptors (Lipinski definition) is 7. The third-order valence-electron chi connectivity index (χ3n) is 6.75. The van der Waals surface area contributed by atoms with E-state index in [2.05, 4.69) is 21.9 Å². The van der Waals surface area contributed by atoms with Gasteiger partial charge in [-0.15, -0.1) is 0 Å². The number of alkyl halides is 3. The van der Waals surface area contributed by atoms with Gasteiger partial charge in [-0.05, 0) is 63.9 Å². The summed E-state index contributed by atoms with van der Waals surface area (Å²) in [5.41, 5.74) is 1.41. The molecule has 1 aromatic heterocycles. The van der Waals surface area contributed by atoms with Crippen molar-refractivity contribution in [2.24, 2.45) is 5.84 Å². The highest BCUT2D eigenvalue weighted by Crippen LogP contribution is 2.43. The van der Waals surface area contributed by atoms with Crippen molar-refractivity contribution in [2.75, 3.05) is 18.0 Å². The maximum Gasteiger partial charge on any atom is 0.433 e. The third kappa shape index (κ3) is 5.78. The lowest BCUT2D eigenvalue weighted by atomic mass is 9.91. The fourth-order valence-corrected chi connectivity index (χ4v) is 4.87. The molecule has 198 valence electrons. The van der Waals surface area contributed by atoms with Gasteiger partial charge in [-0.3, -0.25) is 4.79 Å². The number of allylic oxidation sites excluding steroid dienone is 2. The van der Waals surface area contributed by atoms with Crippen LogP contribution in [0.3, 0.4) is 0 Å². The molecule has 0 spiro atoms. The van der Waals surface area contributed by atoms with E-state index >= 15 is 0 Å². The van der Waals surface area contributed by atoms with Crippen molar-refractivity contribution < 1.29 is 22.7 Å². The summed E-state index contributed by atoms with van der Waals surface area (Å²) in [5, 5.41) is 4.95. The summed E-state index contributed by atoms with van der Waals surface area (Å²) in [6.07, 6.45) is 2.68. The second-order valence-corrected chi connectivity index (χ2v) is 9.26. The molecule has 3 N–H and O–H groups in total. The molecule has 1 fully saturated rings. The van der Waals surface area contributed by atoms with Crippen molar-refractivity contribution in [3.8, 4) is 11.8 Å². The van der Waals surface area contributed by atoms with Crippen molar-refractivity contribution in [2.45, 2.75) is 57.8 Å². The van der Waals surface area contributed by atoms with Crippen LogP contribution < -0.4 is 20.8 Å². The van der Waals surface area contributed by atoms with Gasteiger partial charge in [0.2, 0.25) is 5.91 Å². The second kappa shape index (κ2) is 10.9. The summed E-state index contributed by atoms with van der Waals surface area (Å²) >= 11 is 0. The molecule has 37 heavy (non-hydrogen) atoms. The van der Waals surface area contributed by atoms with Gasteiger partial charge in [-0.2, -0.15) is 18.2 Å². The van der Waals surface area contributed by atoms with Gasteiger partial charge in [-0.25, -0.2) is 10.8 Å². The zero-order chi connectivity index (χ0) is 26.7. The van der Waals surface area contributed by atoms with Crippen molar-refractivity contribution in [3.63, 3.8) is 0 Å². The van der Waals surface area contributed by atoms with E-state index in [4.69, 9.17) is 10.6 Å². The molecule has 0 bridgehead atoms. The van der Waals surface area contributed by atoms with Gasteiger partial charge >= 0.3 is 12.2 Å². The highest BCUT2D eigenvalue weighted by molar-refractivity contribution is 5.95. The Morgan fingerprint density at radius 3 is 2.65 bits per heavy atom. The lowest BCUT2D eigenvalue weighted by molar-refractivity contribution is -0.141. The smallest absolute Gasteiger partial charge is 0.423 e. The summed E-state index contributed by atoms with van der Waals surface area (Å²) in [5.74, 6) is 6.53. The monoisotopic (exact) mass is 516 g/mol. The largest absolute Gasteiger partial charge is 0.433 e. The van der Waals surface area contributed by atoms with Crippen LogP contribution in [0.15, 0.2) is 43.3 Å². The maximum absolute atomic E-state index is 13.3. The Morgan fingerprint density at radius 1 is 1.27 bits per heavy atom. The summed E-state index contributed by atoms with van der Waals surface area (Å²) in [4.78, 5) is 21.7. The van der Waals surface area contributed by atoms with Crippen molar-refractivity contribution in [3.05, 3.63) is 60.1 Å². The highest BCUT2D eigenvalue weighted by atomic mass is 19.4. The first-order valence-electron chi connectivity index (χ1n) is 12.2. The number of carbonyl (C=O) groups excluding carboxylic acids is 1. The molecule has 4 rings (SSSR count). The zero-order valence-electron chi connectivity index (χ0n) is 20.9. The summed E-state index contributed by atoms with van der Waals surface area (Å²) in [7, 11) is 0. The number of hydrogen-bond donors (Lipinski definition) is 2. The molecular weight excluding hydrogens is 485 g/mol. The number of ether oxygens (including phenoxy) is 1. The van der Waals surface area contributed by atoms with Crippen LogP contribution in [0, 0.1) is 0 Å². The van der Waals surface area contributed by atoms with E-state index in [1.807, 2.05) is 13.0 Å². The van der Waals surface area contributed by atoms with E-state index in [-0.39, 0.29) is 23.7 Å². The number of benzene rings is 1. The number of carbonyl (C=O) groups is 1. The number of aromatic nitrogens is 2. The average Bonchev–Trinajstić information content (AvgIpc) is 2.87. The third-order valence-corrected chi connectivity index (χ3v) is 6.75. The lowest BCUT2D eigenvalue weighted by Gasteiger charge is -2.36. The fraction of sp³-hybridized carbons (Fsp3) is 0.423. The number of nitrogens with two attached hydrogens (primary N) is 1. The van der Waals surface area contributed by atoms with Crippen molar-refractivity contribution in [1.29, 1.82) is 0 Å². The Kier molecular flexibility index (Phi) is 7.84. The van der Waals surface area contributed by atoms with E-state index in [1.165, 1.54) is 6.92 Å². The van der Waals surface area contributed by atoms with Gasteiger partial charge in [0, 0.05) is 48.1 Å². The second-order valence-electron chi connectivity index (χ2n) is 9.26. The molecule has 2 aliphatic heterocycles. The number of fused-ring (bicyclic) bond motifs is 1. The summed E-state index contributed by atoms with van der Waals surface area (Å²) in [6, 6.07) is 4.02. The van der Waals surface area contributed by atoms with E-state index in [1.54, 1.807) is 28.3 Å². The molecule has 1 aromatic carbocycles. The van der Waals surface area contributed by atoms with Gasteiger partial charge < -0.3 is 20.0 Å². The standard InChI is InChI=1S/C26H31F3N6O2/c1-4-18(15-34(30)19-9-12-31-13-10-19)20-7-8-22-21(6-5-16(2)35(22)17(3)36)24(20)37-25-32-14-11-23(33-25)26(27,28)29/h4,7-8,11,14-16,19,31H,1,5-6,9-10,12-13,30H2,2-3H3/b18-15+/t16-/m0/s1. The lowest BCUT2D eigenvalue weighted by Crippen LogP contribution is -2.44. The van der Waals surface area contributed by atoms with E-state index in [9.17, 15) is 18.0 Å². The normalized spacial score (nSPS) is 18.8. The number of nitrogens with zero attached hydrogens (tertiary/aromatic N) is 4. The van der Waals surface area contributed by atoms with E-state index < -0.39 is 17.9 Å². The number of anilines is 1. The van der Waals surface area contributed by atoms with Crippen LogP contribution in [0.5, 0.6) is 11.8 Å². The van der Waals surface area contributed by atoms with E-state index in [0.717, 1.165) is 38.2 Å². The molecule has 0 unspecified atom stereocenters. The maximum atomic E-state index is 13.3. The van der Waals surface area contributed by atoms with Crippen LogP contribution in [0.4, 0.5) is 18.9 Å². The number of halogens is 3. The van der Waals surface area contributed by atoms with Crippen molar-refractivity contribution in [1.82, 2.24) is 20.3 Å². The summed E-state index contributed by atoms with van der Waals surface area (Å²) in [6.45, 7) is 9.08. The van der Waals surface area contributed by atoms with Crippen LogP contribution in [0.1, 0.15) is 49.9 Å². The Hall–Kier alpha value is -3.44. The number of hydrazine groups is 1. The van der Waals surface area contributed by atoms with Crippen LogP contribution in [0.25, 0.3) is 5.57 Å². The van der Waals surface area contributed by atoms with Gasteiger partial charge in [0.1, 0.15) is 5.75 Å². The van der Waals surface area contributed by atoms with Gasteiger partial charge in [-0.1, -0.05) is 12.7 Å². The minimum absolute atomic E-state index is 0.0395. The first kappa shape index (κ1) is 26.6. The average molecular weight is 517 g/mol. The number of piperidine rings is 1. The number of nitrogens with one attached hydrogen (secondary N) is 1.